The van der Waals surface area contributed by atoms with Crippen molar-refractivity contribution in [3.05, 3.63) is 80.6 Å². The zero-order valence-electron chi connectivity index (χ0n) is 12.7. The van der Waals surface area contributed by atoms with Crippen LogP contribution in [0, 0.1) is 0 Å². The minimum absolute atomic E-state index is 0.189. The molecule has 0 bridgehead atoms. The molecule has 0 spiro atoms. The minimum Gasteiger partial charge on any atom is -0.273 e. The largest absolute Gasteiger partial charge is 0.273 e. The first-order valence-corrected chi connectivity index (χ1v) is 8.19. The molecule has 3 rings (SSSR count). The van der Waals surface area contributed by atoms with Crippen LogP contribution in [0.25, 0.3) is 10.4 Å². The number of nitrogens with zero attached hydrogens (tertiary/aromatic N) is 5. The van der Waals surface area contributed by atoms with Crippen molar-refractivity contribution in [1.82, 2.24) is 5.01 Å². The van der Waals surface area contributed by atoms with Gasteiger partial charge in [0.2, 0.25) is 5.91 Å². The van der Waals surface area contributed by atoms with Crippen molar-refractivity contribution in [3.63, 3.8) is 0 Å². The monoisotopic (exact) mass is 383 g/mol. The summed E-state index contributed by atoms with van der Waals surface area (Å²) in [4.78, 5) is 15.0. The molecule has 0 saturated heterocycles. The molecule has 7 heteroatoms. The van der Waals surface area contributed by atoms with Crippen molar-refractivity contribution in [2.45, 2.75) is 12.5 Å². The standard InChI is InChI=1S/C17H14BrN5O/c18-14-8-6-12(7-9-14)15-10-16(13-4-2-1-3-5-13)23(21-15)17(24)11-20-22-19/h1-9,16H,10-11H2. The van der Waals surface area contributed by atoms with Crippen molar-refractivity contribution in [3.8, 4) is 0 Å². The summed E-state index contributed by atoms with van der Waals surface area (Å²) in [7, 11) is 0. The molecule has 0 N–H and O–H groups in total. The minimum atomic E-state index is -0.311. The zero-order valence-corrected chi connectivity index (χ0v) is 14.3. The average Bonchev–Trinajstić information content (AvgIpc) is 3.06. The van der Waals surface area contributed by atoms with E-state index in [0.717, 1.165) is 21.3 Å². The molecule has 24 heavy (non-hydrogen) atoms. The van der Waals surface area contributed by atoms with E-state index in [9.17, 15) is 4.79 Å². The Morgan fingerprint density at radius 3 is 2.62 bits per heavy atom. The predicted octanol–water partition coefficient (Wildman–Crippen LogP) is 4.44. The highest BCUT2D eigenvalue weighted by Crippen LogP contribution is 2.32. The van der Waals surface area contributed by atoms with Gasteiger partial charge in [-0.15, -0.1) is 0 Å². The van der Waals surface area contributed by atoms with Crippen LogP contribution in [0.15, 0.2) is 69.3 Å². The number of carbonyl (C=O) groups is 1. The molecule has 1 atom stereocenters. The summed E-state index contributed by atoms with van der Waals surface area (Å²) in [6, 6.07) is 17.4. The second-order valence-electron chi connectivity index (χ2n) is 5.31. The molecular weight excluding hydrogens is 370 g/mol. The number of amides is 1. The maximum atomic E-state index is 12.4. The molecule has 2 aromatic carbocycles. The Labute approximate surface area is 147 Å². The van der Waals surface area contributed by atoms with Gasteiger partial charge in [-0.2, -0.15) is 5.10 Å². The van der Waals surface area contributed by atoms with Crippen LogP contribution in [0.3, 0.4) is 0 Å². The quantitative estimate of drug-likeness (QED) is 0.436. The van der Waals surface area contributed by atoms with Crippen LogP contribution < -0.4 is 0 Å². The highest BCUT2D eigenvalue weighted by atomic mass is 79.9. The number of rotatable bonds is 4. The molecule has 120 valence electrons. The molecule has 1 aliphatic rings. The van der Waals surface area contributed by atoms with Gasteiger partial charge in [-0.3, -0.25) is 4.79 Å². The maximum absolute atomic E-state index is 12.4. The Morgan fingerprint density at radius 1 is 1.25 bits per heavy atom. The smallest absolute Gasteiger partial charge is 0.249 e. The lowest BCUT2D eigenvalue weighted by Gasteiger charge is -2.21. The van der Waals surface area contributed by atoms with Gasteiger partial charge in [0, 0.05) is 15.8 Å². The van der Waals surface area contributed by atoms with E-state index >= 15 is 0 Å². The third kappa shape index (κ3) is 3.48. The number of benzene rings is 2. The fourth-order valence-electron chi connectivity index (χ4n) is 2.66. The molecule has 0 fully saturated rings. The molecule has 1 amide bonds. The Kier molecular flexibility index (Phi) is 4.93. The van der Waals surface area contributed by atoms with Gasteiger partial charge in [-0.05, 0) is 28.8 Å². The fourth-order valence-corrected chi connectivity index (χ4v) is 2.92. The highest BCUT2D eigenvalue weighted by molar-refractivity contribution is 9.10. The molecule has 0 aromatic heterocycles. The van der Waals surface area contributed by atoms with Crippen LogP contribution in [-0.2, 0) is 4.79 Å². The van der Waals surface area contributed by atoms with Crippen molar-refractivity contribution in [1.29, 1.82) is 0 Å². The molecule has 1 heterocycles. The van der Waals surface area contributed by atoms with Gasteiger partial charge < -0.3 is 0 Å². The van der Waals surface area contributed by atoms with Crippen LogP contribution in [0.4, 0.5) is 0 Å². The number of azide groups is 1. The lowest BCUT2D eigenvalue weighted by atomic mass is 9.98. The third-order valence-corrected chi connectivity index (χ3v) is 4.33. The summed E-state index contributed by atoms with van der Waals surface area (Å²) in [5.74, 6) is -0.311. The SMILES string of the molecule is [N-]=[N+]=NCC(=O)N1N=C(c2ccc(Br)cc2)CC1c1ccccc1. The van der Waals surface area contributed by atoms with Gasteiger partial charge in [-0.25, -0.2) is 5.01 Å². The van der Waals surface area contributed by atoms with Crippen LogP contribution >= 0.6 is 15.9 Å². The molecule has 0 aliphatic carbocycles. The molecule has 2 aromatic rings. The van der Waals surface area contributed by atoms with Crippen LogP contribution in [0.2, 0.25) is 0 Å². The lowest BCUT2D eigenvalue weighted by Crippen LogP contribution is -2.28. The van der Waals surface area contributed by atoms with E-state index in [1.54, 1.807) is 0 Å². The van der Waals surface area contributed by atoms with E-state index in [-0.39, 0.29) is 18.5 Å². The van der Waals surface area contributed by atoms with Crippen LogP contribution in [-0.4, -0.2) is 23.2 Å². The average molecular weight is 384 g/mol. The van der Waals surface area contributed by atoms with E-state index in [1.807, 2.05) is 54.6 Å². The molecule has 6 nitrogen and oxygen atoms in total. The fraction of sp³-hybridized carbons (Fsp3) is 0.176. The summed E-state index contributed by atoms with van der Waals surface area (Å²) in [6.07, 6.45) is 0.619. The molecular formula is C17H14BrN5O. The van der Waals surface area contributed by atoms with E-state index in [0.29, 0.717) is 6.42 Å². The summed E-state index contributed by atoms with van der Waals surface area (Å²) in [5.41, 5.74) is 11.3. The van der Waals surface area contributed by atoms with E-state index in [2.05, 4.69) is 31.1 Å². The molecule has 1 aliphatic heterocycles. The first-order valence-electron chi connectivity index (χ1n) is 7.40. The van der Waals surface area contributed by atoms with Gasteiger partial charge in [-0.1, -0.05) is 63.5 Å². The van der Waals surface area contributed by atoms with Crippen LogP contribution in [0.5, 0.6) is 0 Å². The van der Waals surface area contributed by atoms with Crippen molar-refractivity contribution >= 4 is 27.5 Å². The zero-order chi connectivity index (χ0) is 16.9. The first kappa shape index (κ1) is 16.2. The van der Waals surface area contributed by atoms with Gasteiger partial charge in [0.15, 0.2) is 0 Å². The first-order chi connectivity index (χ1) is 11.7. The highest BCUT2D eigenvalue weighted by Gasteiger charge is 2.32. The second kappa shape index (κ2) is 7.29. The number of carbonyl (C=O) groups excluding carboxylic acids is 1. The topological polar surface area (TPSA) is 81.4 Å². The summed E-state index contributed by atoms with van der Waals surface area (Å²) >= 11 is 3.42. The Balaban J connectivity index is 1.93. The lowest BCUT2D eigenvalue weighted by molar-refractivity contribution is -0.131. The number of hydrazone groups is 1. The van der Waals surface area contributed by atoms with Gasteiger partial charge >= 0.3 is 0 Å². The number of halogens is 1. The van der Waals surface area contributed by atoms with Crippen LogP contribution in [0.1, 0.15) is 23.6 Å². The molecule has 1 unspecified atom stereocenters. The Hall–Kier alpha value is -2.63. The van der Waals surface area contributed by atoms with Crippen molar-refractivity contribution < 1.29 is 4.79 Å². The molecule has 0 saturated carbocycles. The summed E-state index contributed by atoms with van der Waals surface area (Å²) < 4.78 is 0.987. The summed E-state index contributed by atoms with van der Waals surface area (Å²) in [6.45, 7) is -0.239. The van der Waals surface area contributed by atoms with Crippen molar-refractivity contribution in [2.75, 3.05) is 6.54 Å². The summed E-state index contributed by atoms with van der Waals surface area (Å²) in [5, 5.41) is 9.30. The third-order valence-electron chi connectivity index (χ3n) is 3.80. The van der Waals surface area contributed by atoms with Crippen molar-refractivity contribution in [2.24, 2.45) is 10.2 Å². The maximum Gasteiger partial charge on any atom is 0.249 e. The second-order valence-corrected chi connectivity index (χ2v) is 6.23. The van der Waals surface area contributed by atoms with Gasteiger partial charge in [0.1, 0.15) is 6.54 Å². The molecule has 0 radical (unpaired) electrons. The Morgan fingerprint density at radius 2 is 1.96 bits per heavy atom. The number of hydrogen-bond acceptors (Lipinski definition) is 3. The normalized spacial score (nSPS) is 16.5. The Bertz CT molecular complexity index is 813. The van der Waals surface area contributed by atoms with E-state index in [4.69, 9.17) is 5.53 Å². The predicted molar refractivity (Wildman–Crippen MR) is 95.3 cm³/mol. The van der Waals surface area contributed by atoms with E-state index in [1.165, 1.54) is 5.01 Å². The van der Waals surface area contributed by atoms with Gasteiger partial charge in [0.05, 0.1) is 11.8 Å². The van der Waals surface area contributed by atoms with E-state index < -0.39 is 0 Å². The van der Waals surface area contributed by atoms with Gasteiger partial charge in [0.25, 0.3) is 0 Å². The number of hydrogen-bond donors (Lipinski definition) is 0.